The largest absolute Gasteiger partial charge is 0.384 e. The van der Waals surface area contributed by atoms with Crippen molar-refractivity contribution in [1.29, 1.82) is 0 Å². The Labute approximate surface area is 161 Å². The molecule has 0 saturated carbocycles. The average molecular weight is 389 g/mol. The monoisotopic (exact) mass is 389 g/mol. The summed E-state index contributed by atoms with van der Waals surface area (Å²) in [5.41, 5.74) is 5.43. The van der Waals surface area contributed by atoms with Gasteiger partial charge in [0.25, 0.3) is 5.56 Å². The lowest BCUT2D eigenvalue weighted by Gasteiger charge is -2.38. The molecule has 0 aliphatic carbocycles. The molecule has 1 aliphatic rings. The van der Waals surface area contributed by atoms with E-state index < -0.39 is 23.1 Å². The topological polar surface area (TPSA) is 93.6 Å². The highest BCUT2D eigenvalue weighted by Gasteiger charge is 2.30. The van der Waals surface area contributed by atoms with Crippen LogP contribution in [0.2, 0.25) is 0 Å². The van der Waals surface area contributed by atoms with Gasteiger partial charge in [-0.25, -0.2) is 9.18 Å². The Hall–Kier alpha value is -2.94. The molecule has 1 aliphatic heterocycles. The van der Waals surface area contributed by atoms with Crippen molar-refractivity contribution < 1.29 is 9.18 Å². The van der Waals surface area contributed by atoms with Crippen LogP contribution in [-0.4, -0.2) is 52.0 Å². The molecule has 2 heterocycles. The Kier molecular flexibility index (Phi) is 5.37. The zero-order chi connectivity index (χ0) is 20.6. The molecule has 0 radical (unpaired) electrons. The van der Waals surface area contributed by atoms with Gasteiger partial charge in [-0.1, -0.05) is 0 Å². The van der Waals surface area contributed by atoms with Crippen LogP contribution in [-0.2, 0) is 14.1 Å². The van der Waals surface area contributed by atoms with Crippen LogP contribution < -0.4 is 21.9 Å². The number of nitrogen functional groups attached to an aromatic ring is 1. The summed E-state index contributed by atoms with van der Waals surface area (Å²) in [7, 11) is 2.76. The van der Waals surface area contributed by atoms with Crippen LogP contribution >= 0.6 is 0 Å². The highest BCUT2D eigenvalue weighted by molar-refractivity contribution is 6.03. The fraction of sp³-hybridized carbons (Fsp3) is 0.421. The van der Waals surface area contributed by atoms with Gasteiger partial charge >= 0.3 is 5.69 Å². The molecular formula is C19H24FN5O3. The predicted molar refractivity (Wildman–Crippen MR) is 105 cm³/mol. The summed E-state index contributed by atoms with van der Waals surface area (Å²) in [5.74, 6) is -0.795. The van der Waals surface area contributed by atoms with Gasteiger partial charge in [0, 0.05) is 46.0 Å². The molecule has 150 valence electrons. The van der Waals surface area contributed by atoms with Gasteiger partial charge < -0.3 is 10.6 Å². The van der Waals surface area contributed by atoms with Gasteiger partial charge in [0.05, 0.1) is 6.04 Å². The van der Waals surface area contributed by atoms with Crippen molar-refractivity contribution in [3.63, 3.8) is 0 Å². The van der Waals surface area contributed by atoms with Crippen LogP contribution in [0.4, 0.5) is 15.9 Å². The fourth-order valence-corrected chi connectivity index (χ4v) is 3.49. The number of hydrogen-bond acceptors (Lipinski definition) is 6. The zero-order valence-electron chi connectivity index (χ0n) is 16.2. The van der Waals surface area contributed by atoms with Crippen molar-refractivity contribution in [2.75, 3.05) is 36.8 Å². The Morgan fingerprint density at radius 3 is 2.18 bits per heavy atom. The van der Waals surface area contributed by atoms with E-state index in [-0.39, 0.29) is 17.2 Å². The Bertz CT molecular complexity index is 1000. The third-order valence-electron chi connectivity index (χ3n) is 5.39. The summed E-state index contributed by atoms with van der Waals surface area (Å²) in [4.78, 5) is 41.5. The maximum atomic E-state index is 13.1. The lowest BCUT2D eigenvalue weighted by molar-refractivity contribution is 0.0827. The number of ketones is 1. The second kappa shape index (κ2) is 7.59. The van der Waals surface area contributed by atoms with E-state index >= 15 is 0 Å². The van der Waals surface area contributed by atoms with E-state index in [1.165, 1.54) is 26.2 Å². The number of benzene rings is 1. The first-order valence-corrected chi connectivity index (χ1v) is 9.06. The van der Waals surface area contributed by atoms with Crippen LogP contribution in [0.1, 0.15) is 17.3 Å². The number of rotatable bonds is 4. The number of carbonyl (C=O) groups excluding carboxylic acids is 1. The molecule has 0 bridgehead atoms. The summed E-state index contributed by atoms with van der Waals surface area (Å²) in [5, 5.41) is 0. The first-order valence-electron chi connectivity index (χ1n) is 9.06. The maximum absolute atomic E-state index is 13.1. The molecule has 3 rings (SSSR count). The number of halogens is 1. The maximum Gasteiger partial charge on any atom is 0.332 e. The zero-order valence-corrected chi connectivity index (χ0v) is 16.2. The second-order valence-corrected chi connectivity index (χ2v) is 7.01. The smallest absolute Gasteiger partial charge is 0.332 e. The first-order chi connectivity index (χ1) is 13.2. The SMILES string of the molecule is CC(C(=O)c1c(N)n(C)c(=O)n(C)c1=O)N1CCN(c2ccc(F)cc2)CC1. The van der Waals surface area contributed by atoms with Gasteiger partial charge in [0.2, 0.25) is 0 Å². The van der Waals surface area contributed by atoms with Crippen molar-refractivity contribution in [1.82, 2.24) is 14.0 Å². The van der Waals surface area contributed by atoms with E-state index in [0.717, 1.165) is 14.8 Å². The molecule has 28 heavy (non-hydrogen) atoms. The van der Waals surface area contributed by atoms with Crippen LogP contribution in [0.3, 0.4) is 0 Å². The minimum atomic E-state index is -0.678. The molecule has 1 aromatic heterocycles. The van der Waals surface area contributed by atoms with Gasteiger partial charge in [-0.3, -0.25) is 23.6 Å². The molecule has 2 aromatic rings. The molecule has 1 atom stereocenters. The lowest BCUT2D eigenvalue weighted by atomic mass is 10.0. The normalized spacial score (nSPS) is 16.2. The van der Waals surface area contributed by atoms with Gasteiger partial charge in [-0.05, 0) is 31.2 Å². The highest BCUT2D eigenvalue weighted by Crippen LogP contribution is 2.19. The predicted octanol–water partition coefficient (Wildman–Crippen LogP) is 0.199. The molecule has 1 unspecified atom stereocenters. The van der Waals surface area contributed by atoms with Gasteiger partial charge in [0.15, 0.2) is 5.78 Å². The van der Waals surface area contributed by atoms with Crippen molar-refractivity contribution in [3.05, 3.63) is 56.5 Å². The minimum absolute atomic E-state index is 0.116. The van der Waals surface area contributed by atoms with E-state index in [4.69, 9.17) is 5.73 Å². The van der Waals surface area contributed by atoms with Crippen LogP contribution in [0.5, 0.6) is 0 Å². The number of anilines is 2. The van der Waals surface area contributed by atoms with E-state index in [1.807, 2.05) is 4.90 Å². The molecule has 1 saturated heterocycles. The van der Waals surface area contributed by atoms with Crippen molar-refractivity contribution in [3.8, 4) is 0 Å². The van der Waals surface area contributed by atoms with E-state index in [1.54, 1.807) is 19.1 Å². The number of Topliss-reactive ketones (excluding diaryl/α,β-unsaturated/α-hetero) is 1. The molecule has 0 spiro atoms. The van der Waals surface area contributed by atoms with E-state index in [9.17, 15) is 18.8 Å². The van der Waals surface area contributed by atoms with Crippen LogP contribution in [0.25, 0.3) is 0 Å². The fourth-order valence-electron chi connectivity index (χ4n) is 3.49. The molecule has 8 nitrogen and oxygen atoms in total. The number of piperazine rings is 1. The summed E-state index contributed by atoms with van der Waals surface area (Å²) in [6, 6.07) is 5.75. The Morgan fingerprint density at radius 1 is 1.04 bits per heavy atom. The summed E-state index contributed by atoms with van der Waals surface area (Å²) >= 11 is 0. The number of nitrogens with zero attached hydrogens (tertiary/aromatic N) is 4. The number of nitrogens with two attached hydrogens (primary N) is 1. The molecule has 0 amide bonds. The van der Waals surface area contributed by atoms with Gasteiger partial charge in [-0.2, -0.15) is 0 Å². The second-order valence-electron chi connectivity index (χ2n) is 7.01. The van der Waals surface area contributed by atoms with Crippen molar-refractivity contribution in [2.45, 2.75) is 13.0 Å². The van der Waals surface area contributed by atoms with Crippen LogP contribution in [0, 0.1) is 5.82 Å². The molecular weight excluding hydrogens is 365 g/mol. The third kappa shape index (κ3) is 3.45. The minimum Gasteiger partial charge on any atom is -0.384 e. The molecule has 9 heteroatoms. The Balaban J connectivity index is 1.76. The number of carbonyl (C=O) groups is 1. The summed E-state index contributed by atoms with van der Waals surface area (Å²) in [6.45, 7) is 4.29. The lowest BCUT2D eigenvalue weighted by Crippen LogP contribution is -2.53. The van der Waals surface area contributed by atoms with E-state index in [2.05, 4.69) is 4.90 Å². The van der Waals surface area contributed by atoms with Crippen LogP contribution in [0.15, 0.2) is 33.9 Å². The molecule has 1 fully saturated rings. The average Bonchev–Trinajstić information content (AvgIpc) is 2.71. The Morgan fingerprint density at radius 2 is 1.61 bits per heavy atom. The van der Waals surface area contributed by atoms with Gasteiger partial charge in [0.1, 0.15) is 17.2 Å². The number of aromatic nitrogens is 2. The third-order valence-corrected chi connectivity index (χ3v) is 5.39. The molecule has 1 aromatic carbocycles. The summed E-state index contributed by atoms with van der Waals surface area (Å²) in [6.07, 6.45) is 0. The van der Waals surface area contributed by atoms with Crippen molar-refractivity contribution >= 4 is 17.3 Å². The highest BCUT2D eigenvalue weighted by atomic mass is 19.1. The molecule has 2 N–H and O–H groups in total. The van der Waals surface area contributed by atoms with Crippen molar-refractivity contribution in [2.24, 2.45) is 14.1 Å². The first kappa shape index (κ1) is 19.8. The van der Waals surface area contributed by atoms with Gasteiger partial charge in [-0.15, -0.1) is 0 Å². The number of hydrogen-bond donors (Lipinski definition) is 1. The van der Waals surface area contributed by atoms with E-state index in [0.29, 0.717) is 26.2 Å². The quantitative estimate of drug-likeness (QED) is 0.751. The standard InChI is InChI=1S/C19H24FN5O3/c1-12(16(26)15-17(21)22(2)19(28)23(3)18(15)27)24-8-10-25(11-9-24)14-6-4-13(20)5-7-14/h4-7,12H,8-11,21H2,1-3H3. The summed E-state index contributed by atoms with van der Waals surface area (Å²) < 4.78 is 15.1.